The van der Waals surface area contributed by atoms with Gasteiger partial charge in [0, 0.05) is 36.8 Å². The summed E-state index contributed by atoms with van der Waals surface area (Å²) in [7, 11) is 1.64. The molecule has 0 aliphatic heterocycles. The van der Waals surface area contributed by atoms with E-state index in [4.69, 9.17) is 24.1 Å². The monoisotopic (exact) mass is 498 g/mol. The van der Waals surface area contributed by atoms with Gasteiger partial charge in [-0.05, 0) is 58.9 Å². The smallest absolute Gasteiger partial charge is 0.189 e. The topological polar surface area (TPSA) is 74.2 Å². The number of carbonyl (C=O) groups is 1. The summed E-state index contributed by atoms with van der Waals surface area (Å²) < 4.78 is 22.3. The van der Waals surface area contributed by atoms with Crippen LogP contribution < -0.4 is 9.47 Å². The molecular weight excluding hydrogens is 456 g/mol. The van der Waals surface area contributed by atoms with E-state index in [0.29, 0.717) is 37.6 Å². The van der Waals surface area contributed by atoms with Crippen molar-refractivity contribution in [2.24, 2.45) is 0 Å². The fourth-order valence-corrected chi connectivity index (χ4v) is 3.56. The van der Waals surface area contributed by atoms with Crippen molar-refractivity contribution in [1.29, 1.82) is 0 Å². The SMILES string of the molecule is COCCOCOc1c(C(C)(C)C)cc(/C=C/C(=O)c2ccc(OCCCO)cc2)cc1C(C)(C)C. The molecule has 2 aromatic carbocycles. The zero-order valence-electron chi connectivity index (χ0n) is 22.8. The van der Waals surface area contributed by atoms with Crippen LogP contribution >= 0.6 is 0 Å². The van der Waals surface area contributed by atoms with Gasteiger partial charge in [-0.15, -0.1) is 0 Å². The summed E-state index contributed by atoms with van der Waals surface area (Å²) in [6, 6.07) is 11.2. The number of hydrogen-bond acceptors (Lipinski definition) is 6. The number of aliphatic hydroxyl groups is 1. The van der Waals surface area contributed by atoms with Crippen molar-refractivity contribution in [3.63, 3.8) is 0 Å². The molecular formula is C30H42O6. The second kappa shape index (κ2) is 13.6. The number of methoxy groups -OCH3 is 1. The van der Waals surface area contributed by atoms with Gasteiger partial charge in [0.2, 0.25) is 0 Å². The molecule has 6 heteroatoms. The van der Waals surface area contributed by atoms with E-state index in [1.807, 2.05) is 6.08 Å². The van der Waals surface area contributed by atoms with E-state index >= 15 is 0 Å². The molecule has 0 heterocycles. The first-order valence-electron chi connectivity index (χ1n) is 12.4. The van der Waals surface area contributed by atoms with E-state index < -0.39 is 0 Å². The fourth-order valence-electron chi connectivity index (χ4n) is 3.56. The van der Waals surface area contributed by atoms with Crippen molar-refractivity contribution in [3.8, 4) is 11.5 Å². The third-order valence-corrected chi connectivity index (χ3v) is 5.58. The van der Waals surface area contributed by atoms with Gasteiger partial charge in [0.05, 0.1) is 19.8 Å². The van der Waals surface area contributed by atoms with E-state index in [2.05, 4.69) is 53.7 Å². The molecule has 0 spiro atoms. The lowest BCUT2D eigenvalue weighted by molar-refractivity contribution is -0.00992. The molecule has 0 radical (unpaired) electrons. The number of benzene rings is 2. The minimum atomic E-state index is -0.179. The van der Waals surface area contributed by atoms with Crippen LogP contribution in [0.1, 0.15) is 75.0 Å². The second-order valence-electron chi connectivity index (χ2n) is 10.8. The van der Waals surface area contributed by atoms with Crippen LogP contribution in [-0.2, 0) is 20.3 Å². The van der Waals surface area contributed by atoms with E-state index in [9.17, 15) is 4.79 Å². The maximum atomic E-state index is 12.8. The largest absolute Gasteiger partial charge is 0.494 e. The molecule has 36 heavy (non-hydrogen) atoms. The van der Waals surface area contributed by atoms with Crippen LogP contribution in [0.5, 0.6) is 11.5 Å². The summed E-state index contributed by atoms with van der Waals surface area (Å²) in [6.07, 6.45) is 4.03. The molecule has 0 saturated heterocycles. The predicted octanol–water partition coefficient (Wildman–Crippen LogP) is 5.94. The molecule has 2 aromatic rings. The Kier molecular flexibility index (Phi) is 11.2. The van der Waals surface area contributed by atoms with Gasteiger partial charge in [0.25, 0.3) is 0 Å². The third kappa shape index (κ3) is 9.08. The Hall–Kier alpha value is -2.67. The summed E-state index contributed by atoms with van der Waals surface area (Å²) in [5.41, 5.74) is 3.28. The van der Waals surface area contributed by atoms with Crippen LogP contribution in [0.25, 0.3) is 6.08 Å². The molecule has 2 rings (SSSR count). The normalized spacial score (nSPS) is 12.2. The lowest BCUT2D eigenvalue weighted by Crippen LogP contribution is -2.21. The summed E-state index contributed by atoms with van der Waals surface area (Å²) in [6.45, 7) is 14.5. The van der Waals surface area contributed by atoms with Gasteiger partial charge in [-0.25, -0.2) is 0 Å². The molecule has 0 atom stereocenters. The third-order valence-electron chi connectivity index (χ3n) is 5.58. The summed E-state index contributed by atoms with van der Waals surface area (Å²) in [5.74, 6) is 1.42. The highest BCUT2D eigenvalue weighted by molar-refractivity contribution is 6.06. The van der Waals surface area contributed by atoms with Gasteiger partial charge < -0.3 is 24.1 Å². The van der Waals surface area contributed by atoms with Crippen molar-refractivity contribution in [2.45, 2.75) is 58.8 Å². The maximum Gasteiger partial charge on any atom is 0.189 e. The average Bonchev–Trinajstić information content (AvgIpc) is 2.82. The van der Waals surface area contributed by atoms with Crippen molar-refractivity contribution in [3.05, 3.63) is 64.7 Å². The molecule has 1 N–H and O–H groups in total. The van der Waals surface area contributed by atoms with Gasteiger partial charge in [0.1, 0.15) is 11.5 Å². The Balaban J connectivity index is 2.30. The van der Waals surface area contributed by atoms with Crippen LogP contribution in [0, 0.1) is 0 Å². The molecule has 0 aliphatic rings. The number of hydrogen-bond donors (Lipinski definition) is 1. The summed E-state index contributed by atoms with van der Waals surface area (Å²) in [5, 5.41) is 8.87. The minimum absolute atomic E-state index is 0.0848. The van der Waals surface area contributed by atoms with E-state index in [-0.39, 0.29) is 30.0 Å². The quantitative estimate of drug-likeness (QED) is 0.159. The Morgan fingerprint density at radius 1 is 0.889 bits per heavy atom. The molecule has 6 nitrogen and oxygen atoms in total. The van der Waals surface area contributed by atoms with Crippen molar-refractivity contribution in [1.82, 2.24) is 0 Å². The first-order valence-corrected chi connectivity index (χ1v) is 12.4. The number of carbonyl (C=O) groups excluding carboxylic acids is 1. The Morgan fingerprint density at radius 3 is 2.03 bits per heavy atom. The van der Waals surface area contributed by atoms with Crippen LogP contribution in [0.15, 0.2) is 42.5 Å². The zero-order valence-corrected chi connectivity index (χ0v) is 22.8. The van der Waals surface area contributed by atoms with Crippen molar-refractivity contribution >= 4 is 11.9 Å². The highest BCUT2D eigenvalue weighted by atomic mass is 16.7. The van der Waals surface area contributed by atoms with Gasteiger partial charge >= 0.3 is 0 Å². The molecule has 0 aliphatic carbocycles. The van der Waals surface area contributed by atoms with Gasteiger partial charge in [0.15, 0.2) is 12.6 Å². The van der Waals surface area contributed by atoms with Gasteiger partial charge in [-0.2, -0.15) is 0 Å². The Morgan fingerprint density at radius 2 is 1.50 bits per heavy atom. The van der Waals surface area contributed by atoms with Crippen molar-refractivity contribution in [2.75, 3.05) is 40.3 Å². The lowest BCUT2D eigenvalue weighted by Gasteiger charge is -2.30. The average molecular weight is 499 g/mol. The van der Waals surface area contributed by atoms with E-state index in [1.165, 1.54) is 0 Å². The molecule has 0 unspecified atom stereocenters. The standard InChI is InChI=1S/C30H42O6/c1-29(2,3)25-19-22(20-26(30(4,5)6)28(25)36-21-34-18-17-33-7)9-14-27(32)23-10-12-24(13-11-23)35-16-8-15-31/h9-14,19-20,31H,8,15-18,21H2,1-7H3/b14-9+. The number of ether oxygens (including phenoxy) is 4. The fraction of sp³-hybridized carbons (Fsp3) is 0.500. The number of ketones is 1. The zero-order chi connectivity index (χ0) is 26.8. The predicted molar refractivity (Wildman–Crippen MR) is 144 cm³/mol. The highest BCUT2D eigenvalue weighted by Crippen LogP contribution is 2.41. The van der Waals surface area contributed by atoms with E-state index in [0.717, 1.165) is 22.4 Å². The highest BCUT2D eigenvalue weighted by Gasteiger charge is 2.27. The van der Waals surface area contributed by atoms with Crippen LogP contribution in [-0.4, -0.2) is 51.2 Å². The molecule has 0 fully saturated rings. The Labute approximate surface area is 216 Å². The van der Waals surface area contributed by atoms with Gasteiger partial charge in [-0.3, -0.25) is 4.79 Å². The first-order chi connectivity index (χ1) is 17.0. The summed E-state index contributed by atoms with van der Waals surface area (Å²) in [4.78, 5) is 12.8. The molecule has 0 aromatic heterocycles. The Bertz CT molecular complexity index is 959. The number of rotatable bonds is 13. The molecule has 0 saturated carbocycles. The van der Waals surface area contributed by atoms with Crippen molar-refractivity contribution < 1.29 is 28.8 Å². The molecule has 198 valence electrons. The molecule has 0 amide bonds. The van der Waals surface area contributed by atoms with Crippen LogP contribution in [0.4, 0.5) is 0 Å². The summed E-state index contributed by atoms with van der Waals surface area (Å²) >= 11 is 0. The first kappa shape index (κ1) is 29.6. The van der Waals surface area contributed by atoms with Crippen LogP contribution in [0.3, 0.4) is 0 Å². The second-order valence-corrected chi connectivity index (χ2v) is 10.8. The lowest BCUT2D eigenvalue weighted by atomic mass is 9.78. The molecule has 0 bridgehead atoms. The number of aliphatic hydroxyl groups excluding tert-OH is 1. The maximum absolute atomic E-state index is 12.8. The van der Waals surface area contributed by atoms with E-state index in [1.54, 1.807) is 37.5 Å². The minimum Gasteiger partial charge on any atom is -0.494 e. The van der Waals surface area contributed by atoms with Gasteiger partial charge in [-0.1, -0.05) is 47.6 Å². The number of allylic oxidation sites excluding steroid dienone is 1. The van der Waals surface area contributed by atoms with Crippen LogP contribution in [0.2, 0.25) is 0 Å².